The summed E-state index contributed by atoms with van der Waals surface area (Å²) in [6.45, 7) is 3.37. The van der Waals surface area contributed by atoms with Crippen molar-refractivity contribution in [2.24, 2.45) is 23.2 Å². The maximum atomic E-state index is 14.4. The summed E-state index contributed by atoms with van der Waals surface area (Å²) in [7, 11) is 0. The second kappa shape index (κ2) is 7.19. The molecule has 1 amide bonds. The van der Waals surface area contributed by atoms with Crippen LogP contribution >= 0.6 is 0 Å². The first-order valence-electron chi connectivity index (χ1n) is 11.1. The minimum Gasteiger partial charge on any atom is -0.377 e. The van der Waals surface area contributed by atoms with Gasteiger partial charge in [0.15, 0.2) is 0 Å². The van der Waals surface area contributed by atoms with Gasteiger partial charge in [-0.3, -0.25) is 9.59 Å². The molecule has 3 fully saturated rings. The number of rotatable bonds is 4. The van der Waals surface area contributed by atoms with Gasteiger partial charge in [0, 0.05) is 18.3 Å². The Morgan fingerprint density at radius 1 is 1.31 bits per heavy atom. The number of Topliss-reactive ketones (excluding diaryl/α,β-unsaturated/α-hetero) is 1. The number of hydrogen-bond donors (Lipinski definition) is 1. The van der Waals surface area contributed by atoms with Crippen molar-refractivity contribution in [3.05, 3.63) is 35.1 Å². The SMILES string of the molecule is C[C@]12CCC3c4cccc(F)c4CCC3C1[C@H](CCC(=O)NC1COC1)CC2=O. The number of ketones is 1. The molecule has 29 heavy (non-hydrogen) atoms. The summed E-state index contributed by atoms with van der Waals surface area (Å²) in [6.07, 6.45) is 5.41. The monoisotopic (exact) mass is 399 g/mol. The number of fused-ring (bicyclic) bond motifs is 5. The molecule has 0 bridgehead atoms. The fourth-order valence-electron chi connectivity index (χ4n) is 6.83. The van der Waals surface area contributed by atoms with E-state index in [4.69, 9.17) is 4.74 Å². The smallest absolute Gasteiger partial charge is 0.220 e. The summed E-state index contributed by atoms with van der Waals surface area (Å²) in [5.41, 5.74) is 1.79. The number of carbonyl (C=O) groups excluding carboxylic acids is 2. The normalized spacial score (nSPS) is 36.0. The van der Waals surface area contributed by atoms with E-state index in [-0.39, 0.29) is 29.1 Å². The van der Waals surface area contributed by atoms with Crippen molar-refractivity contribution >= 4 is 11.7 Å². The molecule has 0 aromatic heterocycles. The first-order valence-corrected chi connectivity index (χ1v) is 11.1. The molecule has 3 unspecified atom stereocenters. The molecule has 4 aliphatic rings. The Balaban J connectivity index is 1.35. The second-order valence-electron chi connectivity index (χ2n) is 9.83. The van der Waals surface area contributed by atoms with E-state index in [1.165, 1.54) is 5.56 Å². The van der Waals surface area contributed by atoms with Gasteiger partial charge in [0.1, 0.15) is 11.6 Å². The molecule has 1 aromatic carbocycles. The third kappa shape index (κ3) is 3.13. The van der Waals surface area contributed by atoms with Crippen LogP contribution < -0.4 is 5.32 Å². The quantitative estimate of drug-likeness (QED) is 0.839. The van der Waals surface area contributed by atoms with Crippen molar-refractivity contribution in [2.75, 3.05) is 13.2 Å². The van der Waals surface area contributed by atoms with Crippen LogP contribution in [0.25, 0.3) is 0 Å². The zero-order chi connectivity index (χ0) is 20.2. The van der Waals surface area contributed by atoms with Crippen molar-refractivity contribution in [3.8, 4) is 0 Å². The Bertz CT molecular complexity index is 835. The first-order chi connectivity index (χ1) is 14.0. The molecule has 1 aliphatic heterocycles. The summed E-state index contributed by atoms with van der Waals surface area (Å²) in [5, 5.41) is 3.02. The third-order valence-electron chi connectivity index (χ3n) is 8.31. The summed E-state index contributed by atoms with van der Waals surface area (Å²) in [4.78, 5) is 25.3. The Morgan fingerprint density at radius 2 is 2.14 bits per heavy atom. The van der Waals surface area contributed by atoms with Crippen LogP contribution in [-0.4, -0.2) is 30.9 Å². The summed E-state index contributed by atoms with van der Waals surface area (Å²) in [6, 6.07) is 5.65. The number of amides is 1. The van der Waals surface area contributed by atoms with Crippen LogP contribution in [0.1, 0.15) is 62.5 Å². The molecule has 0 radical (unpaired) electrons. The Labute approximate surface area is 171 Å². The van der Waals surface area contributed by atoms with Crippen LogP contribution in [0, 0.1) is 29.0 Å². The third-order valence-corrected chi connectivity index (χ3v) is 8.31. The lowest BCUT2D eigenvalue weighted by Gasteiger charge is -2.50. The number of carbonyl (C=O) groups is 2. The van der Waals surface area contributed by atoms with Crippen molar-refractivity contribution in [1.82, 2.24) is 5.32 Å². The van der Waals surface area contributed by atoms with Crippen molar-refractivity contribution in [1.29, 1.82) is 0 Å². The minimum absolute atomic E-state index is 0.0720. The van der Waals surface area contributed by atoms with Crippen LogP contribution in [0.3, 0.4) is 0 Å². The molecule has 1 aromatic rings. The highest BCUT2D eigenvalue weighted by atomic mass is 19.1. The van der Waals surface area contributed by atoms with E-state index in [1.54, 1.807) is 6.07 Å². The molecule has 1 N–H and O–H groups in total. The largest absolute Gasteiger partial charge is 0.377 e. The van der Waals surface area contributed by atoms with Gasteiger partial charge in [-0.05, 0) is 73.0 Å². The average molecular weight is 400 g/mol. The van der Waals surface area contributed by atoms with E-state index in [0.29, 0.717) is 49.6 Å². The van der Waals surface area contributed by atoms with Crippen molar-refractivity contribution < 1.29 is 18.7 Å². The standard InChI is InChI=1S/C24H30FNO3/c1-24-10-9-17-16-3-2-4-20(25)18(16)6-7-19(17)23(24)14(11-21(24)27)5-8-22(28)26-15-12-29-13-15/h2-4,14-15,17,19,23H,5-13H2,1H3,(H,26,28)/t14-,17?,19?,23?,24-/m1/s1. The highest BCUT2D eigenvalue weighted by Gasteiger charge is 2.58. The van der Waals surface area contributed by atoms with Crippen molar-refractivity contribution in [3.63, 3.8) is 0 Å². The predicted octanol–water partition coefficient (Wildman–Crippen LogP) is 3.77. The summed E-state index contributed by atoms with van der Waals surface area (Å²) >= 11 is 0. The molecular weight excluding hydrogens is 369 g/mol. The van der Waals surface area contributed by atoms with Crippen LogP contribution in [0.5, 0.6) is 0 Å². The van der Waals surface area contributed by atoms with Gasteiger partial charge >= 0.3 is 0 Å². The highest BCUT2D eigenvalue weighted by molar-refractivity contribution is 5.88. The second-order valence-corrected chi connectivity index (χ2v) is 9.83. The summed E-state index contributed by atoms with van der Waals surface area (Å²) in [5.74, 6) is 1.71. The van der Waals surface area contributed by atoms with Gasteiger partial charge < -0.3 is 10.1 Å². The van der Waals surface area contributed by atoms with E-state index < -0.39 is 0 Å². The van der Waals surface area contributed by atoms with Crippen LogP contribution in [-0.2, 0) is 20.7 Å². The fourth-order valence-corrected chi connectivity index (χ4v) is 6.83. The van der Waals surface area contributed by atoms with Gasteiger partial charge in [-0.25, -0.2) is 4.39 Å². The molecule has 1 heterocycles. The Kier molecular flexibility index (Phi) is 4.77. The number of benzene rings is 1. The van der Waals surface area contributed by atoms with Gasteiger partial charge in [0.05, 0.1) is 19.3 Å². The molecule has 2 saturated carbocycles. The molecule has 5 heteroatoms. The van der Waals surface area contributed by atoms with Crippen LogP contribution in [0.15, 0.2) is 18.2 Å². The lowest BCUT2D eigenvalue weighted by Crippen LogP contribution is -2.48. The van der Waals surface area contributed by atoms with E-state index in [0.717, 1.165) is 37.7 Å². The zero-order valence-corrected chi connectivity index (χ0v) is 17.1. The van der Waals surface area contributed by atoms with Gasteiger partial charge in [-0.2, -0.15) is 0 Å². The van der Waals surface area contributed by atoms with Gasteiger partial charge in [0.25, 0.3) is 0 Å². The maximum Gasteiger partial charge on any atom is 0.220 e. The predicted molar refractivity (Wildman–Crippen MR) is 107 cm³/mol. The zero-order valence-electron chi connectivity index (χ0n) is 17.1. The van der Waals surface area contributed by atoms with Gasteiger partial charge in [0.2, 0.25) is 5.91 Å². The number of nitrogens with one attached hydrogen (secondary N) is 1. The topological polar surface area (TPSA) is 55.4 Å². The fraction of sp³-hybridized carbons (Fsp3) is 0.667. The van der Waals surface area contributed by atoms with Gasteiger partial charge in [-0.1, -0.05) is 19.1 Å². The summed E-state index contributed by atoms with van der Waals surface area (Å²) < 4.78 is 19.5. The molecule has 3 aliphatic carbocycles. The molecule has 5 atom stereocenters. The van der Waals surface area contributed by atoms with Gasteiger partial charge in [-0.15, -0.1) is 0 Å². The number of ether oxygens (including phenoxy) is 1. The molecular formula is C24H30FNO3. The molecule has 0 spiro atoms. The molecule has 5 rings (SSSR count). The van der Waals surface area contributed by atoms with E-state index in [2.05, 4.69) is 18.3 Å². The number of hydrogen-bond acceptors (Lipinski definition) is 3. The van der Waals surface area contributed by atoms with E-state index in [9.17, 15) is 14.0 Å². The maximum absolute atomic E-state index is 14.4. The van der Waals surface area contributed by atoms with Crippen molar-refractivity contribution in [2.45, 2.75) is 63.8 Å². The molecule has 1 saturated heterocycles. The number of halogens is 1. The van der Waals surface area contributed by atoms with E-state index in [1.807, 2.05) is 6.07 Å². The first kappa shape index (κ1) is 19.2. The Hall–Kier alpha value is -1.75. The highest BCUT2D eigenvalue weighted by Crippen LogP contribution is 2.62. The van der Waals surface area contributed by atoms with Crippen LogP contribution in [0.4, 0.5) is 4.39 Å². The van der Waals surface area contributed by atoms with E-state index >= 15 is 0 Å². The lowest BCUT2D eigenvalue weighted by atomic mass is 9.54. The minimum atomic E-state index is -0.269. The molecule has 156 valence electrons. The Morgan fingerprint density at radius 3 is 2.90 bits per heavy atom. The lowest BCUT2D eigenvalue weighted by molar-refractivity contribution is -0.129. The molecule has 4 nitrogen and oxygen atoms in total. The van der Waals surface area contributed by atoms with Crippen LogP contribution in [0.2, 0.25) is 0 Å². The average Bonchev–Trinajstić information content (AvgIpc) is 2.93.